The van der Waals surface area contributed by atoms with Gasteiger partial charge in [-0.25, -0.2) is 22.6 Å². The van der Waals surface area contributed by atoms with Gasteiger partial charge in [0.05, 0.1) is 0 Å². The third-order valence-corrected chi connectivity index (χ3v) is 3.77. The average molecular weight is 283 g/mol. The summed E-state index contributed by atoms with van der Waals surface area (Å²) in [6, 6.07) is 5.16. The molecule has 19 heavy (non-hydrogen) atoms. The van der Waals surface area contributed by atoms with E-state index in [9.17, 15) is 17.6 Å². The molecular formula is C12H10FNO4S. The summed E-state index contributed by atoms with van der Waals surface area (Å²) >= 11 is 0. The molecule has 1 heterocycles. The van der Waals surface area contributed by atoms with Crippen molar-refractivity contribution < 1.29 is 22.7 Å². The summed E-state index contributed by atoms with van der Waals surface area (Å²) in [5.74, 6) is -1.76. The van der Waals surface area contributed by atoms with Crippen LogP contribution in [0.15, 0.2) is 35.0 Å². The standard InChI is InChI=1S/C12H10FNO4S/c1-19(17,18)10-6-9(11(14-10)12(15)16)7-2-4-8(13)5-3-7/h2-5H,6H2,1H3,(H,15,16). The highest BCUT2D eigenvalue weighted by Gasteiger charge is 2.28. The first-order valence-corrected chi connectivity index (χ1v) is 7.18. The topological polar surface area (TPSA) is 83.8 Å². The Morgan fingerprint density at radius 2 is 1.89 bits per heavy atom. The number of carboxylic acids is 1. The number of allylic oxidation sites excluding steroid dienone is 1. The van der Waals surface area contributed by atoms with E-state index >= 15 is 0 Å². The minimum Gasteiger partial charge on any atom is -0.477 e. The molecule has 2 rings (SSSR count). The van der Waals surface area contributed by atoms with E-state index in [0.29, 0.717) is 5.56 Å². The molecule has 0 saturated heterocycles. The molecule has 1 aromatic carbocycles. The molecule has 0 spiro atoms. The summed E-state index contributed by atoms with van der Waals surface area (Å²) in [7, 11) is -3.55. The number of hydrogen-bond donors (Lipinski definition) is 1. The highest BCUT2D eigenvalue weighted by Crippen LogP contribution is 2.31. The highest BCUT2D eigenvalue weighted by atomic mass is 32.2. The van der Waals surface area contributed by atoms with Crippen molar-refractivity contribution in [1.82, 2.24) is 0 Å². The average Bonchev–Trinajstić information content (AvgIpc) is 2.74. The van der Waals surface area contributed by atoms with Crippen LogP contribution in [0.5, 0.6) is 0 Å². The largest absolute Gasteiger partial charge is 0.477 e. The summed E-state index contributed by atoms with van der Waals surface area (Å²) in [4.78, 5) is 14.7. The lowest BCUT2D eigenvalue weighted by Crippen LogP contribution is -2.10. The Balaban J connectivity index is 2.49. The van der Waals surface area contributed by atoms with Gasteiger partial charge in [0.25, 0.3) is 0 Å². The maximum atomic E-state index is 12.8. The molecule has 100 valence electrons. The van der Waals surface area contributed by atoms with E-state index in [4.69, 9.17) is 5.11 Å². The van der Waals surface area contributed by atoms with Gasteiger partial charge >= 0.3 is 5.97 Å². The fraction of sp³-hybridized carbons (Fsp3) is 0.167. The Labute approximate surface area is 109 Å². The van der Waals surface area contributed by atoms with Crippen LogP contribution in [0.2, 0.25) is 0 Å². The van der Waals surface area contributed by atoms with E-state index in [0.717, 1.165) is 6.26 Å². The molecule has 0 unspecified atom stereocenters. The number of sulfone groups is 1. The first-order chi connectivity index (χ1) is 8.79. The van der Waals surface area contributed by atoms with E-state index < -0.39 is 21.6 Å². The quantitative estimate of drug-likeness (QED) is 0.890. The lowest BCUT2D eigenvalue weighted by Gasteiger charge is -2.03. The fourth-order valence-corrected chi connectivity index (χ4v) is 2.41. The second-order valence-electron chi connectivity index (χ2n) is 4.09. The minimum absolute atomic E-state index is 0.0912. The Morgan fingerprint density at radius 1 is 1.32 bits per heavy atom. The Bertz CT molecular complexity index is 702. The molecule has 0 aliphatic carbocycles. The number of aliphatic carboxylic acids is 1. The first-order valence-electron chi connectivity index (χ1n) is 5.29. The van der Waals surface area contributed by atoms with Crippen LogP contribution in [0.25, 0.3) is 5.57 Å². The third kappa shape index (κ3) is 2.70. The number of rotatable bonds is 2. The van der Waals surface area contributed by atoms with E-state index in [2.05, 4.69) is 4.99 Å². The van der Waals surface area contributed by atoms with Crippen LogP contribution in [0.1, 0.15) is 12.0 Å². The SMILES string of the molecule is CS(=O)(=O)C1=NC(C(=O)O)=C(c2ccc(F)cc2)C1. The molecule has 1 aliphatic rings. The maximum Gasteiger partial charge on any atom is 0.354 e. The number of carbonyl (C=O) groups is 1. The molecule has 0 saturated carbocycles. The number of halogens is 1. The molecule has 7 heteroatoms. The number of nitrogens with zero attached hydrogens (tertiary/aromatic N) is 1. The minimum atomic E-state index is -3.55. The summed E-state index contributed by atoms with van der Waals surface area (Å²) < 4.78 is 35.7. The lowest BCUT2D eigenvalue weighted by molar-refractivity contribution is -0.132. The predicted octanol–water partition coefficient (Wildman–Crippen LogP) is 1.47. The van der Waals surface area contributed by atoms with Gasteiger partial charge in [-0.05, 0) is 23.3 Å². The monoisotopic (exact) mass is 283 g/mol. The van der Waals surface area contributed by atoms with E-state index in [1.807, 2.05) is 0 Å². The zero-order valence-electron chi connectivity index (χ0n) is 9.92. The van der Waals surface area contributed by atoms with E-state index in [1.165, 1.54) is 24.3 Å². The van der Waals surface area contributed by atoms with Crippen molar-refractivity contribution in [3.8, 4) is 0 Å². The van der Waals surface area contributed by atoms with Crippen molar-refractivity contribution in [2.75, 3.05) is 6.26 Å². The number of hydrogen-bond acceptors (Lipinski definition) is 4. The van der Waals surface area contributed by atoms with Crippen LogP contribution in [0.4, 0.5) is 4.39 Å². The Morgan fingerprint density at radius 3 is 2.37 bits per heavy atom. The summed E-state index contributed by atoms with van der Waals surface area (Å²) in [6.45, 7) is 0. The zero-order chi connectivity index (χ0) is 14.2. The van der Waals surface area contributed by atoms with Crippen molar-refractivity contribution in [3.63, 3.8) is 0 Å². The fourth-order valence-electron chi connectivity index (χ4n) is 1.75. The normalized spacial score (nSPS) is 15.6. The summed E-state index contributed by atoms with van der Waals surface area (Å²) in [5, 5.41) is 8.86. The smallest absolute Gasteiger partial charge is 0.354 e. The van der Waals surface area contributed by atoms with Gasteiger partial charge in [0, 0.05) is 12.7 Å². The molecule has 0 fully saturated rings. The Hall–Kier alpha value is -2.02. The predicted molar refractivity (Wildman–Crippen MR) is 67.9 cm³/mol. The van der Waals surface area contributed by atoms with Gasteiger partial charge in [-0.15, -0.1) is 0 Å². The number of aliphatic imine (C=N–C) groups is 1. The molecule has 0 radical (unpaired) electrons. The highest BCUT2D eigenvalue weighted by molar-refractivity contribution is 8.05. The van der Waals surface area contributed by atoms with Crippen LogP contribution in [0, 0.1) is 5.82 Å². The Kier molecular flexibility index (Phi) is 3.23. The second-order valence-corrected chi connectivity index (χ2v) is 6.11. The van der Waals surface area contributed by atoms with Gasteiger partial charge in [-0.3, -0.25) is 0 Å². The van der Waals surface area contributed by atoms with Crippen molar-refractivity contribution in [3.05, 3.63) is 41.3 Å². The lowest BCUT2D eigenvalue weighted by atomic mass is 10.0. The molecular weight excluding hydrogens is 273 g/mol. The zero-order valence-corrected chi connectivity index (χ0v) is 10.7. The van der Waals surface area contributed by atoms with E-state index in [1.54, 1.807) is 0 Å². The van der Waals surface area contributed by atoms with Crippen LogP contribution in [0.3, 0.4) is 0 Å². The van der Waals surface area contributed by atoms with Gasteiger partial charge in [0.1, 0.15) is 10.9 Å². The van der Waals surface area contributed by atoms with Crippen LogP contribution in [-0.4, -0.2) is 30.8 Å². The van der Waals surface area contributed by atoms with Crippen molar-refractivity contribution in [2.24, 2.45) is 4.99 Å². The van der Waals surface area contributed by atoms with Crippen LogP contribution in [-0.2, 0) is 14.6 Å². The van der Waals surface area contributed by atoms with E-state index in [-0.39, 0.29) is 22.7 Å². The molecule has 0 amide bonds. The molecule has 5 nitrogen and oxygen atoms in total. The second kappa shape index (κ2) is 4.58. The first kappa shape index (κ1) is 13.4. The van der Waals surface area contributed by atoms with Crippen molar-refractivity contribution >= 4 is 26.4 Å². The summed E-state index contributed by atoms with van der Waals surface area (Å²) in [6.07, 6.45) is 0.880. The molecule has 0 bridgehead atoms. The van der Waals surface area contributed by atoms with Gasteiger partial charge < -0.3 is 5.11 Å². The molecule has 1 aromatic rings. The third-order valence-electron chi connectivity index (χ3n) is 2.67. The molecule has 0 aromatic heterocycles. The summed E-state index contributed by atoms with van der Waals surface area (Å²) in [5.41, 5.74) is 0.404. The molecule has 1 aliphatic heterocycles. The van der Waals surface area contributed by atoms with Crippen molar-refractivity contribution in [1.29, 1.82) is 0 Å². The van der Waals surface area contributed by atoms with Crippen LogP contribution < -0.4 is 0 Å². The van der Waals surface area contributed by atoms with Gasteiger partial charge in [0.15, 0.2) is 15.5 Å². The number of carboxylic acid groups (broad SMARTS) is 1. The van der Waals surface area contributed by atoms with Gasteiger partial charge in [0.2, 0.25) is 0 Å². The molecule has 1 N–H and O–H groups in total. The van der Waals surface area contributed by atoms with Gasteiger partial charge in [-0.2, -0.15) is 0 Å². The van der Waals surface area contributed by atoms with Gasteiger partial charge in [-0.1, -0.05) is 12.1 Å². The van der Waals surface area contributed by atoms with Crippen molar-refractivity contribution in [2.45, 2.75) is 6.42 Å². The van der Waals surface area contributed by atoms with Crippen LogP contribution >= 0.6 is 0 Å². The molecule has 0 atom stereocenters. The number of benzene rings is 1. The maximum absolute atomic E-state index is 12.8.